The summed E-state index contributed by atoms with van der Waals surface area (Å²) in [5.41, 5.74) is 0. The van der Waals surface area contributed by atoms with Crippen LogP contribution in [0.4, 0.5) is 0 Å². The van der Waals surface area contributed by atoms with E-state index in [1.54, 1.807) is 0 Å². The van der Waals surface area contributed by atoms with E-state index in [-0.39, 0.29) is 0 Å². The molecule has 0 aliphatic heterocycles. The molecule has 20 heavy (non-hydrogen) atoms. The fourth-order valence-electron chi connectivity index (χ4n) is 3.66. The van der Waals surface area contributed by atoms with Crippen LogP contribution in [0.5, 0.6) is 0 Å². The summed E-state index contributed by atoms with van der Waals surface area (Å²) in [6, 6.07) is 11.7. The summed E-state index contributed by atoms with van der Waals surface area (Å²) in [6.07, 6.45) is 4.11. The minimum Gasteiger partial charge on any atom is -0.312 e. The van der Waals surface area contributed by atoms with Gasteiger partial charge in [-0.1, -0.05) is 38.5 Å². The molecule has 0 saturated heterocycles. The molecule has 2 heteroatoms. The van der Waals surface area contributed by atoms with Crippen molar-refractivity contribution in [3.05, 3.63) is 35.2 Å². The van der Waals surface area contributed by atoms with E-state index in [2.05, 4.69) is 56.5 Å². The minimum absolute atomic E-state index is 0.530. The van der Waals surface area contributed by atoms with Crippen molar-refractivity contribution >= 4 is 21.4 Å². The molecule has 0 spiro atoms. The predicted molar refractivity (Wildman–Crippen MR) is 89.3 cm³/mol. The molecule has 1 aliphatic rings. The second kappa shape index (κ2) is 5.87. The van der Waals surface area contributed by atoms with Gasteiger partial charge in [0.2, 0.25) is 0 Å². The minimum atomic E-state index is 0.530. The maximum Gasteiger partial charge on any atom is 0.0441 e. The average molecular weight is 287 g/mol. The highest BCUT2D eigenvalue weighted by atomic mass is 32.1. The maximum absolute atomic E-state index is 3.59. The Morgan fingerprint density at radius 2 is 1.95 bits per heavy atom. The standard InChI is InChI=1S/C18H25NS/c1-12-8-9-15(10-13(12)2)18(19-3)17-11-14-6-4-5-7-16(14)20-17/h4-7,11-13,15,18-19H,8-10H2,1-3H3. The first kappa shape index (κ1) is 14.1. The summed E-state index contributed by atoms with van der Waals surface area (Å²) in [6.45, 7) is 4.84. The van der Waals surface area contributed by atoms with Gasteiger partial charge < -0.3 is 5.32 Å². The summed E-state index contributed by atoms with van der Waals surface area (Å²) in [5.74, 6) is 2.55. The first-order valence-corrected chi connectivity index (χ1v) is 8.66. The van der Waals surface area contributed by atoms with Crippen molar-refractivity contribution < 1.29 is 0 Å². The molecular weight excluding hydrogens is 262 g/mol. The Morgan fingerprint density at radius 3 is 2.65 bits per heavy atom. The lowest BCUT2D eigenvalue weighted by Crippen LogP contribution is -2.31. The van der Waals surface area contributed by atoms with Crippen molar-refractivity contribution in [3.8, 4) is 0 Å². The lowest BCUT2D eigenvalue weighted by atomic mass is 9.73. The molecule has 1 heterocycles. The van der Waals surface area contributed by atoms with Gasteiger partial charge >= 0.3 is 0 Å². The molecule has 1 nitrogen and oxygen atoms in total. The van der Waals surface area contributed by atoms with Gasteiger partial charge in [-0.3, -0.25) is 0 Å². The van der Waals surface area contributed by atoms with Crippen molar-refractivity contribution in [2.75, 3.05) is 7.05 Å². The van der Waals surface area contributed by atoms with E-state index in [0.717, 1.165) is 17.8 Å². The number of hydrogen-bond donors (Lipinski definition) is 1. The number of rotatable bonds is 3. The lowest BCUT2D eigenvalue weighted by Gasteiger charge is -2.36. The van der Waals surface area contributed by atoms with Crippen LogP contribution in [0.1, 0.15) is 44.0 Å². The normalized spacial score (nSPS) is 28.6. The Kier molecular flexibility index (Phi) is 4.13. The quantitative estimate of drug-likeness (QED) is 0.814. The van der Waals surface area contributed by atoms with Crippen LogP contribution in [0.15, 0.2) is 30.3 Å². The molecule has 0 radical (unpaired) electrons. The van der Waals surface area contributed by atoms with E-state index in [1.807, 2.05) is 11.3 Å². The Labute approximate surface area is 126 Å². The van der Waals surface area contributed by atoms with Crippen molar-refractivity contribution in [2.45, 2.75) is 39.2 Å². The van der Waals surface area contributed by atoms with Crippen LogP contribution in [0, 0.1) is 17.8 Å². The van der Waals surface area contributed by atoms with Crippen LogP contribution < -0.4 is 5.32 Å². The molecule has 1 saturated carbocycles. The number of thiophene rings is 1. The summed E-state index contributed by atoms with van der Waals surface area (Å²) < 4.78 is 1.42. The molecule has 4 atom stereocenters. The van der Waals surface area contributed by atoms with Gasteiger partial charge in [-0.05, 0) is 55.2 Å². The van der Waals surface area contributed by atoms with Gasteiger partial charge in [0.1, 0.15) is 0 Å². The zero-order valence-corrected chi connectivity index (χ0v) is 13.5. The molecule has 1 aromatic heterocycles. The fourth-order valence-corrected chi connectivity index (χ4v) is 4.93. The number of hydrogen-bond acceptors (Lipinski definition) is 2. The van der Waals surface area contributed by atoms with Crippen LogP contribution in [0.25, 0.3) is 10.1 Å². The highest BCUT2D eigenvalue weighted by Gasteiger charge is 2.31. The molecule has 1 fully saturated rings. The molecule has 1 aromatic carbocycles. The summed E-state index contributed by atoms with van der Waals surface area (Å²) in [4.78, 5) is 1.51. The van der Waals surface area contributed by atoms with E-state index in [4.69, 9.17) is 0 Å². The van der Waals surface area contributed by atoms with Crippen LogP contribution >= 0.6 is 11.3 Å². The number of benzene rings is 1. The van der Waals surface area contributed by atoms with E-state index in [9.17, 15) is 0 Å². The van der Waals surface area contributed by atoms with Crippen molar-refractivity contribution in [2.24, 2.45) is 17.8 Å². The van der Waals surface area contributed by atoms with Gasteiger partial charge in [0.05, 0.1) is 0 Å². The van der Waals surface area contributed by atoms with Crippen LogP contribution in [-0.4, -0.2) is 7.05 Å². The van der Waals surface area contributed by atoms with E-state index >= 15 is 0 Å². The fraction of sp³-hybridized carbons (Fsp3) is 0.556. The zero-order valence-electron chi connectivity index (χ0n) is 12.7. The monoisotopic (exact) mass is 287 g/mol. The first-order chi connectivity index (χ1) is 9.69. The van der Waals surface area contributed by atoms with Crippen LogP contribution in [0.3, 0.4) is 0 Å². The van der Waals surface area contributed by atoms with Gasteiger partial charge in [-0.2, -0.15) is 0 Å². The van der Waals surface area contributed by atoms with Gasteiger partial charge in [0, 0.05) is 15.6 Å². The molecule has 4 unspecified atom stereocenters. The predicted octanol–water partition coefficient (Wildman–Crippen LogP) is 5.23. The molecular formula is C18H25NS. The molecule has 0 amide bonds. The Balaban J connectivity index is 1.85. The third-order valence-electron chi connectivity index (χ3n) is 5.17. The summed E-state index contributed by atoms with van der Waals surface area (Å²) in [5, 5.41) is 4.99. The molecule has 0 bridgehead atoms. The number of nitrogens with one attached hydrogen (secondary N) is 1. The lowest BCUT2D eigenvalue weighted by molar-refractivity contribution is 0.176. The van der Waals surface area contributed by atoms with E-state index < -0.39 is 0 Å². The second-order valence-electron chi connectivity index (χ2n) is 6.48. The van der Waals surface area contributed by atoms with Gasteiger partial charge in [-0.15, -0.1) is 11.3 Å². The maximum atomic E-state index is 3.59. The average Bonchev–Trinajstić information content (AvgIpc) is 2.87. The number of fused-ring (bicyclic) bond motifs is 1. The highest BCUT2D eigenvalue weighted by Crippen LogP contribution is 2.42. The molecule has 2 aromatic rings. The van der Waals surface area contributed by atoms with Gasteiger partial charge in [0.25, 0.3) is 0 Å². The van der Waals surface area contributed by atoms with Crippen molar-refractivity contribution in [3.63, 3.8) is 0 Å². The summed E-state index contributed by atoms with van der Waals surface area (Å²) in [7, 11) is 2.12. The molecule has 1 N–H and O–H groups in total. The Morgan fingerprint density at radius 1 is 1.15 bits per heavy atom. The van der Waals surface area contributed by atoms with Crippen LogP contribution in [0.2, 0.25) is 0 Å². The largest absolute Gasteiger partial charge is 0.312 e. The highest BCUT2D eigenvalue weighted by molar-refractivity contribution is 7.19. The molecule has 1 aliphatic carbocycles. The van der Waals surface area contributed by atoms with Crippen LogP contribution in [-0.2, 0) is 0 Å². The summed E-state index contributed by atoms with van der Waals surface area (Å²) >= 11 is 1.96. The van der Waals surface area contributed by atoms with Crippen molar-refractivity contribution in [1.29, 1.82) is 0 Å². The SMILES string of the molecule is CNC(c1cc2ccccc2s1)C1CCC(C)C(C)C1. The third-order valence-corrected chi connectivity index (χ3v) is 6.37. The van der Waals surface area contributed by atoms with Gasteiger partial charge in [-0.25, -0.2) is 0 Å². The molecule has 108 valence electrons. The topological polar surface area (TPSA) is 12.0 Å². The third kappa shape index (κ3) is 2.64. The zero-order chi connectivity index (χ0) is 14.1. The smallest absolute Gasteiger partial charge is 0.0441 e. The Bertz CT molecular complexity index is 541. The molecule has 3 rings (SSSR count). The van der Waals surface area contributed by atoms with E-state index in [0.29, 0.717) is 6.04 Å². The van der Waals surface area contributed by atoms with E-state index in [1.165, 1.54) is 34.2 Å². The van der Waals surface area contributed by atoms with Crippen molar-refractivity contribution in [1.82, 2.24) is 5.32 Å². The second-order valence-corrected chi connectivity index (χ2v) is 7.60. The first-order valence-electron chi connectivity index (χ1n) is 7.84. The van der Waals surface area contributed by atoms with Gasteiger partial charge in [0.15, 0.2) is 0 Å². The Hall–Kier alpha value is -0.860.